The van der Waals surface area contributed by atoms with Gasteiger partial charge >= 0.3 is 0 Å². The van der Waals surface area contributed by atoms with Gasteiger partial charge in [0.2, 0.25) is 0 Å². The summed E-state index contributed by atoms with van der Waals surface area (Å²) in [5.74, 6) is -1.20. The highest BCUT2D eigenvalue weighted by atomic mass is 79.9. The lowest BCUT2D eigenvalue weighted by Gasteiger charge is -2.37. The molecule has 6 heteroatoms. The molecule has 1 aliphatic heterocycles. The number of benzene rings is 3. The van der Waals surface area contributed by atoms with Crippen molar-refractivity contribution in [2.75, 3.05) is 5.32 Å². The predicted molar refractivity (Wildman–Crippen MR) is 138 cm³/mol. The van der Waals surface area contributed by atoms with Gasteiger partial charge in [0.25, 0.3) is 5.91 Å². The third-order valence-corrected chi connectivity index (χ3v) is 7.16. The van der Waals surface area contributed by atoms with Crippen LogP contribution >= 0.6 is 15.9 Å². The lowest BCUT2D eigenvalue weighted by Crippen LogP contribution is -2.37. The zero-order valence-electron chi connectivity index (χ0n) is 19.1. The molecule has 2 atom stereocenters. The van der Waals surface area contributed by atoms with E-state index in [0.717, 1.165) is 21.3 Å². The third-order valence-electron chi connectivity index (χ3n) is 6.63. The molecule has 1 heterocycles. The van der Waals surface area contributed by atoms with Crippen molar-refractivity contribution in [1.82, 2.24) is 5.32 Å². The number of amides is 1. The van der Waals surface area contributed by atoms with Crippen LogP contribution in [0.5, 0.6) is 0 Å². The number of allylic oxidation sites excluding steroid dienone is 3. The summed E-state index contributed by atoms with van der Waals surface area (Å²) in [5, 5.41) is 6.20. The van der Waals surface area contributed by atoms with Gasteiger partial charge < -0.3 is 10.6 Å². The third kappa shape index (κ3) is 4.71. The Bertz CT molecular complexity index is 1360. The molecule has 176 valence electrons. The molecule has 0 saturated carbocycles. The van der Waals surface area contributed by atoms with E-state index in [1.165, 1.54) is 12.1 Å². The van der Waals surface area contributed by atoms with Crippen molar-refractivity contribution in [2.45, 2.75) is 31.6 Å². The number of anilines is 1. The maximum atomic E-state index is 13.7. The Balaban J connectivity index is 1.56. The summed E-state index contributed by atoms with van der Waals surface area (Å²) in [6, 6.07) is 23.5. The maximum absolute atomic E-state index is 13.7. The number of ketones is 1. The number of hydrogen-bond donors (Lipinski definition) is 2. The summed E-state index contributed by atoms with van der Waals surface area (Å²) in [7, 11) is 0. The number of carbonyl (C=O) groups excluding carboxylic acids is 2. The second kappa shape index (κ2) is 9.62. The Hall–Kier alpha value is -3.51. The minimum Gasteiger partial charge on any atom is -0.362 e. The fraction of sp³-hybridized carbons (Fsp3) is 0.172. The van der Waals surface area contributed by atoms with E-state index >= 15 is 0 Å². The molecule has 2 unspecified atom stereocenters. The van der Waals surface area contributed by atoms with Crippen LogP contribution in [0.25, 0.3) is 0 Å². The number of hydrogen-bond acceptors (Lipinski definition) is 3. The molecule has 0 spiro atoms. The van der Waals surface area contributed by atoms with Gasteiger partial charge in [-0.3, -0.25) is 9.59 Å². The van der Waals surface area contributed by atoms with E-state index in [9.17, 15) is 14.0 Å². The van der Waals surface area contributed by atoms with Gasteiger partial charge in [-0.2, -0.15) is 0 Å². The van der Waals surface area contributed by atoms with E-state index in [0.29, 0.717) is 35.4 Å². The standard InChI is InChI=1S/C29H24BrFN2O2/c1-17-26(29(35)33-23-9-5-8-22(31)16-23)27(19-10-12-21(30)13-11-19)28-24(32-17)14-20(15-25(28)34)18-6-3-2-4-7-18/h2-13,16,20,27,32H,14-15H2,1H3,(H,33,35). The van der Waals surface area contributed by atoms with Gasteiger partial charge in [0.1, 0.15) is 5.82 Å². The second-order valence-electron chi connectivity index (χ2n) is 8.94. The average Bonchev–Trinajstić information content (AvgIpc) is 2.84. The predicted octanol–water partition coefficient (Wildman–Crippen LogP) is 6.59. The van der Waals surface area contributed by atoms with Crippen LogP contribution in [0.1, 0.15) is 42.7 Å². The Morgan fingerprint density at radius 3 is 2.43 bits per heavy atom. The first-order chi connectivity index (χ1) is 16.9. The average molecular weight is 531 g/mol. The molecule has 2 aliphatic rings. The van der Waals surface area contributed by atoms with Gasteiger partial charge in [-0.05, 0) is 60.7 Å². The van der Waals surface area contributed by atoms with E-state index in [2.05, 4.69) is 38.7 Å². The first kappa shape index (κ1) is 23.2. The van der Waals surface area contributed by atoms with Crippen LogP contribution in [-0.4, -0.2) is 11.7 Å². The molecular formula is C29H24BrFN2O2. The molecule has 2 N–H and O–H groups in total. The number of carbonyl (C=O) groups is 2. The minimum absolute atomic E-state index is 0.0316. The molecule has 1 aliphatic carbocycles. The molecule has 3 aromatic carbocycles. The molecule has 0 bridgehead atoms. The van der Waals surface area contributed by atoms with E-state index in [1.807, 2.05) is 49.4 Å². The molecule has 4 nitrogen and oxygen atoms in total. The fourth-order valence-corrected chi connectivity index (χ4v) is 5.32. The van der Waals surface area contributed by atoms with Crippen molar-refractivity contribution >= 4 is 33.3 Å². The van der Waals surface area contributed by atoms with E-state index in [1.54, 1.807) is 12.1 Å². The van der Waals surface area contributed by atoms with Crippen LogP contribution in [0.3, 0.4) is 0 Å². The largest absolute Gasteiger partial charge is 0.362 e. The Morgan fingerprint density at radius 1 is 0.971 bits per heavy atom. The topological polar surface area (TPSA) is 58.2 Å². The Morgan fingerprint density at radius 2 is 1.71 bits per heavy atom. The number of Topliss-reactive ketones (excluding diaryl/α,β-unsaturated/α-hetero) is 1. The van der Waals surface area contributed by atoms with Crippen LogP contribution in [0, 0.1) is 5.82 Å². The molecule has 0 radical (unpaired) electrons. The molecule has 5 rings (SSSR count). The van der Waals surface area contributed by atoms with Gasteiger partial charge in [0.15, 0.2) is 5.78 Å². The van der Waals surface area contributed by atoms with Crippen LogP contribution in [0.2, 0.25) is 0 Å². The SMILES string of the molecule is CC1=C(C(=O)Nc2cccc(F)c2)C(c2ccc(Br)cc2)C2=C(CC(c3ccccc3)CC2=O)N1. The number of nitrogens with one attached hydrogen (secondary N) is 2. The molecule has 0 saturated heterocycles. The number of dihydropyridines is 1. The minimum atomic E-state index is -0.517. The molecule has 35 heavy (non-hydrogen) atoms. The summed E-state index contributed by atoms with van der Waals surface area (Å²) in [6.45, 7) is 1.85. The summed E-state index contributed by atoms with van der Waals surface area (Å²) in [6.07, 6.45) is 1.07. The summed E-state index contributed by atoms with van der Waals surface area (Å²) >= 11 is 3.47. The molecule has 0 aromatic heterocycles. The van der Waals surface area contributed by atoms with Crippen molar-refractivity contribution in [2.24, 2.45) is 0 Å². The first-order valence-electron chi connectivity index (χ1n) is 11.5. The van der Waals surface area contributed by atoms with Crippen LogP contribution in [0.4, 0.5) is 10.1 Å². The van der Waals surface area contributed by atoms with Crippen molar-refractivity contribution < 1.29 is 14.0 Å². The van der Waals surface area contributed by atoms with Gasteiger partial charge in [-0.25, -0.2) is 4.39 Å². The van der Waals surface area contributed by atoms with E-state index in [4.69, 9.17) is 0 Å². The van der Waals surface area contributed by atoms with Crippen molar-refractivity contribution in [3.05, 3.63) is 123 Å². The lowest BCUT2D eigenvalue weighted by atomic mass is 9.71. The number of rotatable bonds is 4. The molecular weight excluding hydrogens is 507 g/mol. The zero-order chi connectivity index (χ0) is 24.5. The quantitative estimate of drug-likeness (QED) is 0.400. The van der Waals surface area contributed by atoms with Crippen molar-refractivity contribution in [1.29, 1.82) is 0 Å². The highest BCUT2D eigenvalue weighted by Crippen LogP contribution is 2.45. The van der Waals surface area contributed by atoms with Gasteiger partial charge in [-0.1, -0.05) is 64.5 Å². The zero-order valence-corrected chi connectivity index (χ0v) is 20.7. The van der Waals surface area contributed by atoms with Crippen LogP contribution in [-0.2, 0) is 9.59 Å². The van der Waals surface area contributed by atoms with E-state index < -0.39 is 11.7 Å². The summed E-state index contributed by atoms with van der Waals surface area (Å²) in [5.41, 5.74) is 5.00. The summed E-state index contributed by atoms with van der Waals surface area (Å²) < 4.78 is 14.6. The van der Waals surface area contributed by atoms with Crippen molar-refractivity contribution in [3.8, 4) is 0 Å². The first-order valence-corrected chi connectivity index (χ1v) is 12.3. The maximum Gasteiger partial charge on any atom is 0.254 e. The Labute approximate surface area is 212 Å². The molecule has 3 aromatic rings. The van der Waals surface area contributed by atoms with Gasteiger partial charge in [0.05, 0.1) is 0 Å². The fourth-order valence-electron chi connectivity index (χ4n) is 5.05. The van der Waals surface area contributed by atoms with Crippen molar-refractivity contribution in [3.63, 3.8) is 0 Å². The molecule has 0 fully saturated rings. The monoisotopic (exact) mass is 530 g/mol. The number of halogens is 2. The van der Waals surface area contributed by atoms with Gasteiger partial charge in [-0.15, -0.1) is 0 Å². The molecule has 1 amide bonds. The highest BCUT2D eigenvalue weighted by Gasteiger charge is 2.40. The smallest absolute Gasteiger partial charge is 0.254 e. The normalized spacial score (nSPS) is 19.8. The highest BCUT2D eigenvalue weighted by molar-refractivity contribution is 9.10. The van der Waals surface area contributed by atoms with Crippen LogP contribution in [0.15, 0.2) is 106 Å². The van der Waals surface area contributed by atoms with E-state index in [-0.39, 0.29) is 17.6 Å². The summed E-state index contributed by atoms with van der Waals surface area (Å²) in [4.78, 5) is 27.2. The second-order valence-corrected chi connectivity index (χ2v) is 9.86. The Kier molecular flexibility index (Phi) is 6.39. The lowest BCUT2D eigenvalue weighted by molar-refractivity contribution is -0.116. The van der Waals surface area contributed by atoms with Gasteiger partial charge in [0, 0.05) is 45.0 Å². The van der Waals surface area contributed by atoms with Crippen LogP contribution < -0.4 is 10.6 Å².